The molecular formula is C16H15FO2. The number of hydrogen-bond acceptors (Lipinski definition) is 1. The Morgan fingerprint density at radius 1 is 1.05 bits per heavy atom. The predicted octanol–water partition coefficient (Wildman–Crippen LogP) is 3.63. The minimum absolute atomic E-state index is 0.276. The second-order valence-corrected chi connectivity index (χ2v) is 4.47. The van der Waals surface area contributed by atoms with E-state index in [2.05, 4.69) is 0 Å². The lowest BCUT2D eigenvalue weighted by atomic mass is 9.92. The summed E-state index contributed by atoms with van der Waals surface area (Å²) in [7, 11) is 0. The molecule has 2 rings (SSSR count). The molecule has 19 heavy (non-hydrogen) atoms. The van der Waals surface area contributed by atoms with Crippen LogP contribution in [0.25, 0.3) is 0 Å². The van der Waals surface area contributed by atoms with Crippen molar-refractivity contribution in [3.05, 3.63) is 71.5 Å². The Bertz CT molecular complexity index is 534. The molecule has 0 unspecified atom stereocenters. The molecule has 0 amide bonds. The fourth-order valence-corrected chi connectivity index (χ4v) is 2.08. The van der Waals surface area contributed by atoms with Crippen LogP contribution in [0, 0.1) is 5.82 Å². The molecule has 0 spiro atoms. The highest BCUT2D eigenvalue weighted by Crippen LogP contribution is 2.22. The van der Waals surface area contributed by atoms with Crippen LogP contribution in [0.4, 0.5) is 4.39 Å². The van der Waals surface area contributed by atoms with E-state index in [0.29, 0.717) is 12.8 Å². The molecule has 0 heterocycles. The third-order valence-corrected chi connectivity index (χ3v) is 3.13. The highest BCUT2D eigenvalue weighted by molar-refractivity contribution is 5.76. The number of carbonyl (C=O) groups is 1. The van der Waals surface area contributed by atoms with Gasteiger partial charge in [-0.25, -0.2) is 4.39 Å². The second kappa shape index (κ2) is 6.14. The summed E-state index contributed by atoms with van der Waals surface area (Å²) in [4.78, 5) is 11.3. The van der Waals surface area contributed by atoms with E-state index in [1.165, 1.54) is 12.1 Å². The lowest BCUT2D eigenvalue weighted by Crippen LogP contribution is -2.12. The maximum Gasteiger partial charge on any atom is 0.310 e. The molecule has 0 aromatic heterocycles. The van der Waals surface area contributed by atoms with Crippen molar-refractivity contribution in [2.75, 3.05) is 0 Å². The van der Waals surface area contributed by atoms with Gasteiger partial charge < -0.3 is 5.11 Å². The molecule has 0 aliphatic rings. The minimum atomic E-state index is -0.826. The highest BCUT2D eigenvalue weighted by atomic mass is 19.1. The molecule has 98 valence electrons. The molecule has 0 aliphatic carbocycles. The van der Waals surface area contributed by atoms with E-state index in [-0.39, 0.29) is 5.82 Å². The summed E-state index contributed by atoms with van der Waals surface area (Å²) >= 11 is 0. The molecule has 3 heteroatoms. The van der Waals surface area contributed by atoms with E-state index in [4.69, 9.17) is 0 Å². The number of carboxylic acids is 1. The van der Waals surface area contributed by atoms with Gasteiger partial charge in [0.25, 0.3) is 0 Å². The van der Waals surface area contributed by atoms with Gasteiger partial charge in [0.15, 0.2) is 0 Å². The summed E-state index contributed by atoms with van der Waals surface area (Å²) in [5.74, 6) is -1.62. The van der Waals surface area contributed by atoms with Crippen molar-refractivity contribution < 1.29 is 14.3 Å². The van der Waals surface area contributed by atoms with Gasteiger partial charge in [-0.15, -0.1) is 0 Å². The second-order valence-electron chi connectivity index (χ2n) is 4.47. The summed E-state index contributed by atoms with van der Waals surface area (Å²) in [6.07, 6.45) is 1.12. The zero-order valence-corrected chi connectivity index (χ0v) is 10.4. The maximum atomic E-state index is 12.8. The fraction of sp³-hybridized carbons (Fsp3) is 0.188. The van der Waals surface area contributed by atoms with Crippen LogP contribution in [0.2, 0.25) is 0 Å². The van der Waals surface area contributed by atoms with Crippen molar-refractivity contribution in [3.63, 3.8) is 0 Å². The molecule has 1 atom stereocenters. The number of hydrogen-bond donors (Lipinski definition) is 1. The van der Waals surface area contributed by atoms with E-state index in [0.717, 1.165) is 11.1 Å². The summed E-state index contributed by atoms with van der Waals surface area (Å²) in [6.45, 7) is 0. The van der Waals surface area contributed by atoms with E-state index in [1.54, 1.807) is 12.1 Å². The fourth-order valence-electron chi connectivity index (χ4n) is 2.08. The first-order valence-electron chi connectivity index (χ1n) is 6.19. The first kappa shape index (κ1) is 13.3. The molecule has 0 fully saturated rings. The number of halogens is 1. The van der Waals surface area contributed by atoms with Crippen LogP contribution in [-0.4, -0.2) is 11.1 Å². The quantitative estimate of drug-likeness (QED) is 0.889. The van der Waals surface area contributed by atoms with Crippen LogP contribution in [0.15, 0.2) is 54.6 Å². The zero-order valence-electron chi connectivity index (χ0n) is 10.4. The van der Waals surface area contributed by atoms with Gasteiger partial charge in [0.05, 0.1) is 5.92 Å². The van der Waals surface area contributed by atoms with Gasteiger partial charge in [-0.3, -0.25) is 4.79 Å². The molecule has 0 radical (unpaired) electrons. The standard InChI is InChI=1S/C16H15FO2/c17-14-9-6-12(7-10-14)8-11-15(16(18)19)13-4-2-1-3-5-13/h1-7,9-10,15H,8,11H2,(H,18,19)/t15-/m0/s1. The van der Waals surface area contributed by atoms with E-state index in [1.807, 2.05) is 30.3 Å². The number of benzene rings is 2. The van der Waals surface area contributed by atoms with Gasteiger partial charge in [0.2, 0.25) is 0 Å². The number of aryl methyl sites for hydroxylation is 1. The van der Waals surface area contributed by atoms with Crippen LogP contribution in [0.5, 0.6) is 0 Å². The third-order valence-electron chi connectivity index (χ3n) is 3.13. The lowest BCUT2D eigenvalue weighted by molar-refractivity contribution is -0.138. The monoisotopic (exact) mass is 258 g/mol. The van der Waals surface area contributed by atoms with Crippen LogP contribution in [0.1, 0.15) is 23.5 Å². The molecule has 0 saturated carbocycles. The average Bonchev–Trinajstić information content (AvgIpc) is 2.42. The largest absolute Gasteiger partial charge is 0.481 e. The van der Waals surface area contributed by atoms with Crippen LogP contribution >= 0.6 is 0 Å². The van der Waals surface area contributed by atoms with Crippen molar-refractivity contribution in [2.24, 2.45) is 0 Å². The molecule has 0 aliphatic heterocycles. The third kappa shape index (κ3) is 3.65. The van der Waals surface area contributed by atoms with Gasteiger partial charge in [-0.05, 0) is 36.1 Å². The van der Waals surface area contributed by atoms with Crippen molar-refractivity contribution >= 4 is 5.97 Å². The summed E-state index contributed by atoms with van der Waals surface area (Å²) in [6, 6.07) is 15.4. The summed E-state index contributed by atoms with van der Waals surface area (Å²) in [5.41, 5.74) is 1.75. The SMILES string of the molecule is O=C(O)[C@@H](CCc1ccc(F)cc1)c1ccccc1. The Morgan fingerprint density at radius 3 is 2.26 bits per heavy atom. The Labute approximate surface area is 111 Å². The molecular weight excluding hydrogens is 243 g/mol. The first-order chi connectivity index (χ1) is 9.16. The smallest absolute Gasteiger partial charge is 0.310 e. The first-order valence-corrected chi connectivity index (χ1v) is 6.19. The number of carboxylic acid groups (broad SMARTS) is 1. The molecule has 2 aromatic rings. The van der Waals surface area contributed by atoms with Gasteiger partial charge >= 0.3 is 5.97 Å². The zero-order chi connectivity index (χ0) is 13.7. The number of aliphatic carboxylic acids is 1. The number of rotatable bonds is 5. The molecule has 2 aromatic carbocycles. The Hall–Kier alpha value is -2.16. The molecule has 0 bridgehead atoms. The van der Waals surface area contributed by atoms with Crippen molar-refractivity contribution in [1.82, 2.24) is 0 Å². The minimum Gasteiger partial charge on any atom is -0.481 e. The Morgan fingerprint density at radius 2 is 1.68 bits per heavy atom. The van der Waals surface area contributed by atoms with Crippen LogP contribution in [0.3, 0.4) is 0 Å². The van der Waals surface area contributed by atoms with Gasteiger partial charge in [-0.1, -0.05) is 42.5 Å². The molecule has 2 nitrogen and oxygen atoms in total. The normalized spacial score (nSPS) is 12.1. The summed E-state index contributed by atoms with van der Waals surface area (Å²) < 4.78 is 12.8. The van der Waals surface area contributed by atoms with Crippen LogP contribution in [-0.2, 0) is 11.2 Å². The van der Waals surface area contributed by atoms with Gasteiger partial charge in [0, 0.05) is 0 Å². The van der Waals surface area contributed by atoms with Crippen LogP contribution < -0.4 is 0 Å². The maximum absolute atomic E-state index is 12.8. The average molecular weight is 258 g/mol. The molecule has 0 saturated heterocycles. The van der Waals surface area contributed by atoms with E-state index >= 15 is 0 Å². The Kier molecular flexibility index (Phi) is 4.29. The van der Waals surface area contributed by atoms with Crippen molar-refractivity contribution in [3.8, 4) is 0 Å². The lowest BCUT2D eigenvalue weighted by Gasteiger charge is -2.12. The van der Waals surface area contributed by atoms with Crippen molar-refractivity contribution in [2.45, 2.75) is 18.8 Å². The molecule has 1 N–H and O–H groups in total. The topological polar surface area (TPSA) is 37.3 Å². The van der Waals surface area contributed by atoms with Crippen molar-refractivity contribution in [1.29, 1.82) is 0 Å². The van der Waals surface area contributed by atoms with Gasteiger partial charge in [-0.2, -0.15) is 0 Å². The van der Waals surface area contributed by atoms with E-state index in [9.17, 15) is 14.3 Å². The Balaban J connectivity index is 2.06. The summed E-state index contributed by atoms with van der Waals surface area (Å²) in [5, 5.41) is 9.29. The van der Waals surface area contributed by atoms with E-state index < -0.39 is 11.9 Å². The highest BCUT2D eigenvalue weighted by Gasteiger charge is 2.19. The predicted molar refractivity (Wildman–Crippen MR) is 71.5 cm³/mol. The van der Waals surface area contributed by atoms with Gasteiger partial charge in [0.1, 0.15) is 5.82 Å².